The van der Waals surface area contributed by atoms with Crippen LogP contribution in [0.3, 0.4) is 0 Å². The van der Waals surface area contributed by atoms with E-state index < -0.39 is 11.2 Å². The van der Waals surface area contributed by atoms with E-state index in [-0.39, 0.29) is 16.9 Å². The van der Waals surface area contributed by atoms with Gasteiger partial charge in [-0.15, -0.1) is 0 Å². The molecule has 0 bridgehead atoms. The summed E-state index contributed by atoms with van der Waals surface area (Å²) in [6.45, 7) is 1.90. The van der Waals surface area contributed by atoms with Gasteiger partial charge in [0.05, 0.1) is 12.8 Å². The van der Waals surface area contributed by atoms with E-state index in [2.05, 4.69) is 10.3 Å². The molecule has 0 radical (unpaired) electrons. The van der Waals surface area contributed by atoms with Gasteiger partial charge in [-0.2, -0.15) is 0 Å². The maximum atomic E-state index is 12.8. The zero-order valence-electron chi connectivity index (χ0n) is 15.6. The first-order valence-electron chi connectivity index (χ1n) is 8.42. The van der Waals surface area contributed by atoms with Crippen molar-refractivity contribution in [3.63, 3.8) is 0 Å². The van der Waals surface area contributed by atoms with Crippen LogP contribution in [0, 0.1) is 0 Å². The molecule has 3 rings (SSSR count). The van der Waals surface area contributed by atoms with Crippen LogP contribution in [-0.2, 0) is 20.5 Å². The number of methoxy groups -OCH3 is 1. The number of fused-ring (bicyclic) bond motifs is 1. The molecule has 140 valence electrons. The largest absolute Gasteiger partial charge is 0.497 e. The zero-order chi connectivity index (χ0) is 19.7. The Morgan fingerprint density at radius 3 is 2.63 bits per heavy atom. The smallest absolute Gasteiger partial charge is 0.332 e. The van der Waals surface area contributed by atoms with E-state index in [1.807, 2.05) is 6.92 Å². The van der Waals surface area contributed by atoms with Crippen molar-refractivity contribution in [3.8, 4) is 5.75 Å². The van der Waals surface area contributed by atoms with E-state index in [4.69, 9.17) is 4.74 Å². The minimum atomic E-state index is -0.503. The Hall–Kier alpha value is -3.42. The van der Waals surface area contributed by atoms with E-state index in [0.29, 0.717) is 29.0 Å². The van der Waals surface area contributed by atoms with Crippen molar-refractivity contribution >= 4 is 22.6 Å². The topological polar surface area (TPSA) is 95.2 Å². The van der Waals surface area contributed by atoms with Gasteiger partial charge in [-0.3, -0.25) is 18.7 Å². The predicted octanol–water partition coefficient (Wildman–Crippen LogP) is 1.46. The Morgan fingerprint density at radius 2 is 1.96 bits per heavy atom. The molecule has 0 aliphatic carbocycles. The molecule has 1 amide bonds. The molecule has 1 N–H and O–H groups in total. The average Bonchev–Trinajstić information content (AvgIpc) is 2.70. The van der Waals surface area contributed by atoms with Crippen LogP contribution in [0.4, 0.5) is 5.69 Å². The maximum absolute atomic E-state index is 12.8. The fourth-order valence-electron chi connectivity index (χ4n) is 2.93. The van der Waals surface area contributed by atoms with Gasteiger partial charge in [0.1, 0.15) is 11.1 Å². The zero-order valence-corrected chi connectivity index (χ0v) is 15.6. The number of carbonyl (C=O) groups excluding carboxylic acids is 1. The first-order chi connectivity index (χ1) is 12.9. The van der Waals surface area contributed by atoms with E-state index in [1.54, 1.807) is 30.5 Å². The number of hydrogen-bond acceptors (Lipinski definition) is 5. The lowest BCUT2D eigenvalue weighted by atomic mass is 10.1. The van der Waals surface area contributed by atoms with Crippen molar-refractivity contribution in [2.45, 2.75) is 13.3 Å². The Bertz CT molecular complexity index is 1160. The lowest BCUT2D eigenvalue weighted by Gasteiger charge is -2.15. The second kappa shape index (κ2) is 7.06. The first kappa shape index (κ1) is 18.4. The molecule has 3 aromatic rings. The number of aromatic nitrogens is 3. The third kappa shape index (κ3) is 3.10. The number of rotatable bonds is 4. The summed E-state index contributed by atoms with van der Waals surface area (Å²) in [5, 5.41) is 3.03. The monoisotopic (exact) mass is 368 g/mol. The molecule has 27 heavy (non-hydrogen) atoms. The second-order valence-corrected chi connectivity index (χ2v) is 6.10. The van der Waals surface area contributed by atoms with Crippen molar-refractivity contribution in [2.75, 3.05) is 12.4 Å². The molecule has 0 aliphatic rings. The van der Waals surface area contributed by atoms with Crippen LogP contribution in [0.2, 0.25) is 0 Å². The van der Waals surface area contributed by atoms with Crippen LogP contribution in [-0.4, -0.2) is 27.1 Å². The molecule has 0 atom stereocenters. The summed E-state index contributed by atoms with van der Waals surface area (Å²) in [7, 11) is 4.46. The summed E-state index contributed by atoms with van der Waals surface area (Å²) in [6, 6.07) is 6.71. The van der Waals surface area contributed by atoms with Gasteiger partial charge in [0.25, 0.3) is 11.5 Å². The van der Waals surface area contributed by atoms with Crippen LogP contribution in [0.1, 0.15) is 22.8 Å². The average molecular weight is 368 g/mol. The third-order valence-electron chi connectivity index (χ3n) is 4.50. The van der Waals surface area contributed by atoms with Crippen molar-refractivity contribution in [1.82, 2.24) is 14.1 Å². The minimum absolute atomic E-state index is 0.204. The number of nitrogens with zero attached hydrogens (tertiary/aromatic N) is 3. The standard InChI is InChI=1S/C19H20N4O4/c1-5-11-10-20-16-14(18(25)23(3)19(26)22(16)2)15(11)21-17(24)12-7-6-8-13(9-12)27-4/h6-10H,5H2,1-4H3,(H,20,21,24). The number of ether oxygens (including phenoxy) is 1. The number of nitrogens with one attached hydrogen (secondary N) is 1. The molecule has 2 heterocycles. The lowest BCUT2D eigenvalue weighted by Crippen LogP contribution is -2.38. The molecular formula is C19H20N4O4. The Morgan fingerprint density at radius 1 is 1.22 bits per heavy atom. The highest BCUT2D eigenvalue weighted by Crippen LogP contribution is 2.24. The number of carbonyl (C=O) groups is 1. The van der Waals surface area contributed by atoms with Gasteiger partial charge < -0.3 is 10.1 Å². The number of benzene rings is 1. The molecule has 0 unspecified atom stereocenters. The van der Waals surface area contributed by atoms with Crippen LogP contribution in [0.5, 0.6) is 5.75 Å². The quantitative estimate of drug-likeness (QED) is 0.752. The lowest BCUT2D eigenvalue weighted by molar-refractivity contribution is 0.102. The van der Waals surface area contributed by atoms with Crippen LogP contribution in [0.15, 0.2) is 40.1 Å². The van der Waals surface area contributed by atoms with E-state index in [1.165, 1.54) is 25.8 Å². The first-order valence-corrected chi connectivity index (χ1v) is 8.42. The van der Waals surface area contributed by atoms with Crippen molar-refractivity contribution in [3.05, 3.63) is 62.4 Å². The van der Waals surface area contributed by atoms with Gasteiger partial charge in [0.2, 0.25) is 0 Å². The molecule has 0 fully saturated rings. The van der Waals surface area contributed by atoms with Crippen molar-refractivity contribution < 1.29 is 9.53 Å². The number of amides is 1. The Labute approximate surface area is 155 Å². The molecule has 0 saturated carbocycles. The number of pyridine rings is 1. The highest BCUT2D eigenvalue weighted by atomic mass is 16.5. The summed E-state index contributed by atoms with van der Waals surface area (Å²) in [5.74, 6) is 0.170. The molecule has 0 aliphatic heterocycles. The summed E-state index contributed by atoms with van der Waals surface area (Å²) in [4.78, 5) is 42.0. The second-order valence-electron chi connectivity index (χ2n) is 6.10. The van der Waals surface area contributed by atoms with Gasteiger partial charge in [0, 0.05) is 25.9 Å². The summed E-state index contributed by atoms with van der Waals surface area (Å²) in [6.07, 6.45) is 2.13. The Balaban J connectivity index is 2.22. The van der Waals surface area contributed by atoms with Gasteiger partial charge in [-0.25, -0.2) is 9.78 Å². The molecule has 0 spiro atoms. The SMILES string of the molecule is CCc1cnc2c(c1NC(=O)c1cccc(OC)c1)c(=O)n(C)c(=O)n2C. The summed E-state index contributed by atoms with van der Waals surface area (Å²) < 4.78 is 7.45. The van der Waals surface area contributed by atoms with Crippen LogP contribution >= 0.6 is 0 Å². The van der Waals surface area contributed by atoms with Gasteiger partial charge in [-0.05, 0) is 30.2 Å². The molecule has 0 saturated heterocycles. The summed E-state index contributed by atoms with van der Waals surface area (Å²) >= 11 is 0. The molecular weight excluding hydrogens is 348 g/mol. The van der Waals surface area contributed by atoms with Crippen molar-refractivity contribution in [1.29, 1.82) is 0 Å². The summed E-state index contributed by atoms with van der Waals surface area (Å²) in [5.41, 5.74) is 0.705. The predicted molar refractivity (Wildman–Crippen MR) is 103 cm³/mol. The molecule has 1 aromatic carbocycles. The van der Waals surface area contributed by atoms with Crippen LogP contribution in [0.25, 0.3) is 11.0 Å². The molecule has 2 aromatic heterocycles. The fourth-order valence-corrected chi connectivity index (χ4v) is 2.93. The maximum Gasteiger partial charge on any atom is 0.332 e. The number of anilines is 1. The van der Waals surface area contributed by atoms with E-state index >= 15 is 0 Å². The van der Waals surface area contributed by atoms with Gasteiger partial charge in [0.15, 0.2) is 5.65 Å². The highest BCUT2D eigenvalue weighted by Gasteiger charge is 2.19. The molecule has 8 heteroatoms. The number of hydrogen-bond donors (Lipinski definition) is 1. The third-order valence-corrected chi connectivity index (χ3v) is 4.50. The fraction of sp³-hybridized carbons (Fsp3) is 0.263. The van der Waals surface area contributed by atoms with Crippen LogP contribution < -0.4 is 21.3 Å². The normalized spacial score (nSPS) is 10.8. The number of aryl methyl sites for hydroxylation is 2. The minimum Gasteiger partial charge on any atom is -0.497 e. The van der Waals surface area contributed by atoms with Gasteiger partial charge >= 0.3 is 5.69 Å². The highest BCUT2D eigenvalue weighted by molar-refractivity contribution is 6.09. The van der Waals surface area contributed by atoms with E-state index in [0.717, 1.165) is 4.57 Å². The van der Waals surface area contributed by atoms with E-state index in [9.17, 15) is 14.4 Å². The van der Waals surface area contributed by atoms with Gasteiger partial charge in [-0.1, -0.05) is 13.0 Å². The van der Waals surface area contributed by atoms with Crippen molar-refractivity contribution in [2.24, 2.45) is 14.1 Å². The molecule has 8 nitrogen and oxygen atoms in total. The Kier molecular flexibility index (Phi) is 4.81.